The van der Waals surface area contributed by atoms with Crippen LogP contribution in [0.2, 0.25) is 0 Å². The Bertz CT molecular complexity index is 429. The van der Waals surface area contributed by atoms with Crippen molar-refractivity contribution in [2.45, 2.75) is 18.9 Å². The van der Waals surface area contributed by atoms with E-state index < -0.39 is 0 Å². The molecule has 0 aliphatic heterocycles. The van der Waals surface area contributed by atoms with Crippen molar-refractivity contribution in [3.8, 4) is 0 Å². The minimum absolute atomic E-state index is 0.0467. The fourth-order valence-corrected chi connectivity index (χ4v) is 1.61. The third kappa shape index (κ3) is 3.03. The van der Waals surface area contributed by atoms with E-state index in [1.807, 2.05) is 18.0 Å². The van der Waals surface area contributed by atoms with Crippen LogP contribution >= 0.6 is 0 Å². The van der Waals surface area contributed by atoms with E-state index in [0.29, 0.717) is 24.0 Å². The maximum absolute atomic E-state index is 11.6. The van der Waals surface area contributed by atoms with Gasteiger partial charge in [0.05, 0.1) is 17.9 Å². The van der Waals surface area contributed by atoms with Crippen LogP contribution in [0.15, 0.2) is 18.2 Å². The van der Waals surface area contributed by atoms with E-state index in [0.717, 1.165) is 18.5 Å². The summed E-state index contributed by atoms with van der Waals surface area (Å²) in [5.41, 5.74) is 13.4. The highest BCUT2D eigenvalue weighted by Gasteiger charge is 2.23. The minimum atomic E-state index is 0.0467. The van der Waals surface area contributed by atoms with Crippen molar-refractivity contribution < 1.29 is 4.79 Å². The molecule has 0 saturated heterocycles. The van der Waals surface area contributed by atoms with Crippen LogP contribution in [0, 0.1) is 0 Å². The topological polar surface area (TPSA) is 84.4 Å². The molecule has 0 radical (unpaired) electrons. The first-order valence-corrected chi connectivity index (χ1v) is 5.72. The molecule has 1 aromatic rings. The molecule has 1 aromatic carbocycles. The first-order chi connectivity index (χ1) is 8.06. The average Bonchev–Trinajstić information content (AvgIpc) is 3.05. The molecule has 0 spiro atoms. The van der Waals surface area contributed by atoms with Gasteiger partial charge in [-0.15, -0.1) is 0 Å². The van der Waals surface area contributed by atoms with E-state index in [1.54, 1.807) is 12.1 Å². The highest BCUT2D eigenvalue weighted by atomic mass is 16.2. The largest absolute Gasteiger partial charge is 0.397 e. The van der Waals surface area contributed by atoms with Crippen molar-refractivity contribution in [3.05, 3.63) is 18.2 Å². The first kappa shape index (κ1) is 11.6. The average molecular weight is 234 g/mol. The van der Waals surface area contributed by atoms with Gasteiger partial charge in [0, 0.05) is 18.8 Å². The van der Waals surface area contributed by atoms with Crippen molar-refractivity contribution in [3.63, 3.8) is 0 Å². The predicted molar refractivity (Wildman–Crippen MR) is 69.7 cm³/mol. The monoisotopic (exact) mass is 234 g/mol. The molecule has 1 aliphatic rings. The summed E-state index contributed by atoms with van der Waals surface area (Å²) >= 11 is 0. The summed E-state index contributed by atoms with van der Waals surface area (Å²) in [6.07, 6.45) is 2.20. The van der Waals surface area contributed by atoms with E-state index >= 15 is 0 Å². The lowest BCUT2D eigenvalue weighted by Crippen LogP contribution is -2.36. The molecule has 0 unspecified atom stereocenters. The summed E-state index contributed by atoms with van der Waals surface area (Å²) in [5, 5.41) is 2.94. The quantitative estimate of drug-likeness (QED) is 0.665. The maximum Gasteiger partial charge on any atom is 0.239 e. The number of anilines is 3. The number of rotatable bonds is 4. The number of likely N-dealkylation sites (N-methyl/N-ethyl adjacent to an activating group) is 1. The van der Waals surface area contributed by atoms with Crippen molar-refractivity contribution in [1.29, 1.82) is 0 Å². The van der Waals surface area contributed by atoms with Crippen LogP contribution in [-0.4, -0.2) is 25.5 Å². The van der Waals surface area contributed by atoms with Gasteiger partial charge >= 0.3 is 0 Å². The van der Waals surface area contributed by atoms with Crippen molar-refractivity contribution in [2.75, 3.05) is 30.0 Å². The number of nitrogen functional groups attached to an aromatic ring is 2. The fourth-order valence-electron chi connectivity index (χ4n) is 1.61. The fraction of sp³-hybridized carbons (Fsp3) is 0.417. The van der Waals surface area contributed by atoms with Crippen LogP contribution in [0.25, 0.3) is 0 Å². The molecule has 92 valence electrons. The zero-order valence-corrected chi connectivity index (χ0v) is 9.94. The Morgan fingerprint density at radius 1 is 1.41 bits per heavy atom. The molecule has 17 heavy (non-hydrogen) atoms. The van der Waals surface area contributed by atoms with Crippen LogP contribution in [0.5, 0.6) is 0 Å². The highest BCUT2D eigenvalue weighted by Crippen LogP contribution is 2.22. The number of nitrogens with two attached hydrogens (primary N) is 2. The molecule has 1 fully saturated rings. The number of carbonyl (C=O) groups excluding carboxylic acids is 1. The number of carbonyl (C=O) groups is 1. The summed E-state index contributed by atoms with van der Waals surface area (Å²) in [6, 6.07) is 5.78. The standard InChI is InChI=1S/C12H18N4O/c1-16(7-12(17)15-8-2-3-8)9-4-5-10(13)11(14)6-9/h4-6,8H,2-3,7,13-14H2,1H3,(H,15,17). The van der Waals surface area contributed by atoms with E-state index in [1.165, 1.54) is 0 Å². The molecule has 0 bridgehead atoms. The van der Waals surface area contributed by atoms with Gasteiger partial charge in [-0.25, -0.2) is 0 Å². The molecule has 0 heterocycles. The number of nitrogens with one attached hydrogen (secondary N) is 1. The number of hydrogen-bond donors (Lipinski definition) is 3. The molecule has 0 atom stereocenters. The molecule has 1 saturated carbocycles. The molecule has 5 N–H and O–H groups in total. The smallest absolute Gasteiger partial charge is 0.239 e. The van der Waals surface area contributed by atoms with E-state index in [-0.39, 0.29) is 5.91 Å². The summed E-state index contributed by atoms with van der Waals surface area (Å²) < 4.78 is 0. The highest BCUT2D eigenvalue weighted by molar-refractivity contribution is 5.82. The number of nitrogens with zero attached hydrogens (tertiary/aromatic N) is 1. The third-order valence-corrected chi connectivity index (χ3v) is 2.83. The number of hydrogen-bond acceptors (Lipinski definition) is 4. The van der Waals surface area contributed by atoms with Gasteiger partial charge in [-0.05, 0) is 31.0 Å². The van der Waals surface area contributed by atoms with Gasteiger partial charge in [-0.2, -0.15) is 0 Å². The number of amides is 1. The molecule has 5 nitrogen and oxygen atoms in total. The minimum Gasteiger partial charge on any atom is -0.397 e. The Labute approximate surface area is 101 Å². The van der Waals surface area contributed by atoms with Gasteiger partial charge in [-0.3, -0.25) is 4.79 Å². The second kappa shape index (κ2) is 4.53. The van der Waals surface area contributed by atoms with Crippen molar-refractivity contribution >= 4 is 23.0 Å². The maximum atomic E-state index is 11.6. The Balaban J connectivity index is 1.95. The van der Waals surface area contributed by atoms with E-state index in [2.05, 4.69) is 5.32 Å². The second-order valence-electron chi connectivity index (χ2n) is 4.51. The van der Waals surface area contributed by atoms with Gasteiger partial charge in [0.15, 0.2) is 0 Å². The predicted octanol–water partition coefficient (Wildman–Crippen LogP) is 0.566. The first-order valence-electron chi connectivity index (χ1n) is 5.72. The number of benzene rings is 1. The molecular formula is C12H18N4O. The summed E-state index contributed by atoms with van der Waals surface area (Å²) in [4.78, 5) is 13.5. The van der Waals surface area contributed by atoms with Gasteiger partial charge in [-0.1, -0.05) is 0 Å². The Hall–Kier alpha value is -1.91. The molecule has 1 amide bonds. The van der Waals surface area contributed by atoms with Crippen LogP contribution in [-0.2, 0) is 4.79 Å². The van der Waals surface area contributed by atoms with E-state index in [9.17, 15) is 4.79 Å². The Morgan fingerprint density at radius 3 is 2.71 bits per heavy atom. The summed E-state index contributed by atoms with van der Waals surface area (Å²) in [7, 11) is 1.86. The summed E-state index contributed by atoms with van der Waals surface area (Å²) in [6.45, 7) is 0.333. The third-order valence-electron chi connectivity index (χ3n) is 2.83. The molecule has 5 heteroatoms. The summed E-state index contributed by atoms with van der Waals surface area (Å²) in [5.74, 6) is 0.0467. The normalized spacial score (nSPS) is 14.4. The van der Waals surface area contributed by atoms with Crippen LogP contribution < -0.4 is 21.7 Å². The van der Waals surface area contributed by atoms with Gasteiger partial charge in [0.25, 0.3) is 0 Å². The van der Waals surface area contributed by atoms with Crippen molar-refractivity contribution in [1.82, 2.24) is 5.32 Å². The van der Waals surface area contributed by atoms with Crippen LogP contribution in [0.1, 0.15) is 12.8 Å². The van der Waals surface area contributed by atoms with Crippen LogP contribution in [0.3, 0.4) is 0 Å². The van der Waals surface area contributed by atoms with Gasteiger partial charge in [0.2, 0.25) is 5.91 Å². The molecule has 1 aliphatic carbocycles. The molecule has 0 aromatic heterocycles. The van der Waals surface area contributed by atoms with E-state index in [4.69, 9.17) is 11.5 Å². The SMILES string of the molecule is CN(CC(=O)NC1CC1)c1ccc(N)c(N)c1. The van der Waals surface area contributed by atoms with Crippen molar-refractivity contribution in [2.24, 2.45) is 0 Å². The lowest BCUT2D eigenvalue weighted by molar-refractivity contribution is -0.119. The zero-order chi connectivity index (χ0) is 12.4. The lowest BCUT2D eigenvalue weighted by atomic mass is 10.2. The van der Waals surface area contributed by atoms with Gasteiger partial charge in [0.1, 0.15) is 0 Å². The second-order valence-corrected chi connectivity index (χ2v) is 4.51. The van der Waals surface area contributed by atoms with Gasteiger partial charge < -0.3 is 21.7 Å². The molecule has 2 rings (SSSR count). The lowest BCUT2D eigenvalue weighted by Gasteiger charge is -2.19. The van der Waals surface area contributed by atoms with Crippen LogP contribution in [0.4, 0.5) is 17.1 Å². The molecular weight excluding hydrogens is 216 g/mol. The Kier molecular flexibility index (Phi) is 3.08. The Morgan fingerprint density at radius 2 is 2.12 bits per heavy atom. The zero-order valence-electron chi connectivity index (χ0n) is 9.94.